The fourth-order valence-electron chi connectivity index (χ4n) is 2.08. The standard InChI is InChI=1S/C13H15FN2O4/c14-12-2-1-10(16(18)19)7-11(12)13(17)15-8-9-3-5-20-6-4-9/h1-2,7,9H,3-6,8H2,(H,15,17). The van der Waals surface area contributed by atoms with E-state index in [-0.39, 0.29) is 11.3 Å². The molecule has 20 heavy (non-hydrogen) atoms. The number of rotatable bonds is 4. The Bertz CT molecular complexity index is 515. The van der Waals surface area contributed by atoms with Gasteiger partial charge in [0.05, 0.1) is 10.5 Å². The van der Waals surface area contributed by atoms with Crippen LogP contribution in [0.25, 0.3) is 0 Å². The molecule has 1 fully saturated rings. The molecule has 7 heteroatoms. The lowest BCUT2D eigenvalue weighted by Crippen LogP contribution is -2.32. The lowest BCUT2D eigenvalue weighted by Gasteiger charge is -2.22. The van der Waals surface area contributed by atoms with Crippen LogP contribution in [0.5, 0.6) is 0 Å². The Morgan fingerprint density at radius 1 is 1.45 bits per heavy atom. The van der Waals surface area contributed by atoms with Crippen LogP contribution >= 0.6 is 0 Å². The van der Waals surface area contributed by atoms with Gasteiger partial charge in [0.1, 0.15) is 5.82 Å². The van der Waals surface area contributed by atoms with E-state index < -0.39 is 16.6 Å². The van der Waals surface area contributed by atoms with Crippen molar-refractivity contribution >= 4 is 11.6 Å². The fraction of sp³-hybridized carbons (Fsp3) is 0.462. The number of ether oxygens (including phenoxy) is 1. The first-order chi connectivity index (χ1) is 9.58. The highest BCUT2D eigenvalue weighted by Crippen LogP contribution is 2.17. The van der Waals surface area contributed by atoms with Crippen LogP contribution in [-0.4, -0.2) is 30.6 Å². The Kier molecular flexibility index (Phi) is 4.62. The highest BCUT2D eigenvalue weighted by atomic mass is 19.1. The highest BCUT2D eigenvalue weighted by molar-refractivity contribution is 5.95. The van der Waals surface area contributed by atoms with E-state index in [0.29, 0.717) is 25.7 Å². The van der Waals surface area contributed by atoms with Crippen molar-refractivity contribution in [3.8, 4) is 0 Å². The van der Waals surface area contributed by atoms with E-state index in [1.165, 1.54) is 0 Å². The molecule has 1 amide bonds. The summed E-state index contributed by atoms with van der Waals surface area (Å²) in [4.78, 5) is 21.8. The normalized spacial score (nSPS) is 15.8. The maximum atomic E-state index is 13.5. The second kappa shape index (κ2) is 6.42. The monoisotopic (exact) mass is 282 g/mol. The van der Waals surface area contributed by atoms with Gasteiger partial charge < -0.3 is 10.1 Å². The van der Waals surface area contributed by atoms with Gasteiger partial charge in [0.25, 0.3) is 11.6 Å². The van der Waals surface area contributed by atoms with Crippen molar-refractivity contribution in [2.75, 3.05) is 19.8 Å². The molecule has 0 aliphatic carbocycles. The van der Waals surface area contributed by atoms with Gasteiger partial charge in [-0.15, -0.1) is 0 Å². The van der Waals surface area contributed by atoms with E-state index >= 15 is 0 Å². The second-order valence-electron chi connectivity index (χ2n) is 4.69. The van der Waals surface area contributed by atoms with Crippen molar-refractivity contribution in [1.29, 1.82) is 0 Å². The maximum Gasteiger partial charge on any atom is 0.270 e. The molecule has 1 heterocycles. The van der Waals surface area contributed by atoms with E-state index in [0.717, 1.165) is 31.0 Å². The molecule has 1 aromatic rings. The molecular formula is C13H15FN2O4. The molecule has 2 rings (SSSR count). The Morgan fingerprint density at radius 2 is 2.15 bits per heavy atom. The van der Waals surface area contributed by atoms with E-state index in [2.05, 4.69) is 5.32 Å². The first-order valence-electron chi connectivity index (χ1n) is 6.38. The number of hydrogen-bond donors (Lipinski definition) is 1. The highest BCUT2D eigenvalue weighted by Gasteiger charge is 2.19. The maximum absolute atomic E-state index is 13.5. The number of hydrogen-bond acceptors (Lipinski definition) is 4. The summed E-state index contributed by atoms with van der Waals surface area (Å²) in [6, 6.07) is 2.92. The van der Waals surface area contributed by atoms with E-state index in [9.17, 15) is 19.3 Å². The molecule has 1 aromatic carbocycles. The van der Waals surface area contributed by atoms with Crippen molar-refractivity contribution < 1.29 is 18.8 Å². The van der Waals surface area contributed by atoms with Gasteiger partial charge in [0.2, 0.25) is 0 Å². The lowest BCUT2D eigenvalue weighted by atomic mass is 10.0. The Balaban J connectivity index is 2.00. The number of carbonyl (C=O) groups excluding carboxylic acids is 1. The summed E-state index contributed by atoms with van der Waals surface area (Å²) in [5, 5.41) is 13.2. The predicted molar refractivity (Wildman–Crippen MR) is 68.9 cm³/mol. The van der Waals surface area contributed by atoms with Crippen molar-refractivity contribution in [2.45, 2.75) is 12.8 Å². The van der Waals surface area contributed by atoms with Gasteiger partial charge in [-0.25, -0.2) is 4.39 Å². The minimum absolute atomic E-state index is 0.300. The van der Waals surface area contributed by atoms with Crippen LogP contribution in [0.3, 0.4) is 0 Å². The van der Waals surface area contributed by atoms with Gasteiger partial charge in [0.15, 0.2) is 0 Å². The zero-order valence-electron chi connectivity index (χ0n) is 10.8. The number of nitro benzene ring substituents is 1. The van der Waals surface area contributed by atoms with Crippen LogP contribution in [0.15, 0.2) is 18.2 Å². The summed E-state index contributed by atoms with van der Waals surface area (Å²) in [7, 11) is 0. The summed E-state index contributed by atoms with van der Waals surface area (Å²) in [6.07, 6.45) is 1.69. The van der Waals surface area contributed by atoms with Crippen LogP contribution in [0.4, 0.5) is 10.1 Å². The molecule has 0 bridgehead atoms. The van der Waals surface area contributed by atoms with E-state index in [1.54, 1.807) is 0 Å². The molecule has 0 spiro atoms. The Hall–Kier alpha value is -2.02. The van der Waals surface area contributed by atoms with Crippen LogP contribution in [0.2, 0.25) is 0 Å². The minimum atomic E-state index is -0.764. The Labute approximate surface area is 115 Å². The number of nitro groups is 1. The third kappa shape index (κ3) is 3.51. The molecule has 1 N–H and O–H groups in total. The SMILES string of the molecule is O=C(NCC1CCOCC1)c1cc([N+](=O)[O-])ccc1F. The number of nitrogens with one attached hydrogen (secondary N) is 1. The molecular weight excluding hydrogens is 267 g/mol. The van der Waals surface area contributed by atoms with E-state index in [4.69, 9.17) is 4.74 Å². The summed E-state index contributed by atoms with van der Waals surface area (Å²) in [5.74, 6) is -1.09. The van der Waals surface area contributed by atoms with Gasteiger partial charge in [0, 0.05) is 31.9 Å². The molecule has 1 saturated heterocycles. The molecule has 1 aliphatic heterocycles. The lowest BCUT2D eigenvalue weighted by molar-refractivity contribution is -0.384. The number of amides is 1. The number of non-ortho nitro benzene ring substituents is 1. The molecule has 0 aromatic heterocycles. The van der Waals surface area contributed by atoms with Crippen LogP contribution in [0.1, 0.15) is 23.2 Å². The second-order valence-corrected chi connectivity index (χ2v) is 4.69. The smallest absolute Gasteiger partial charge is 0.270 e. The van der Waals surface area contributed by atoms with Gasteiger partial charge in [-0.3, -0.25) is 14.9 Å². The number of benzene rings is 1. The largest absolute Gasteiger partial charge is 0.381 e. The van der Waals surface area contributed by atoms with Crippen molar-refractivity contribution in [3.63, 3.8) is 0 Å². The zero-order chi connectivity index (χ0) is 14.5. The zero-order valence-corrected chi connectivity index (χ0v) is 10.8. The third-order valence-electron chi connectivity index (χ3n) is 3.30. The minimum Gasteiger partial charge on any atom is -0.381 e. The van der Waals surface area contributed by atoms with Crippen molar-refractivity contribution in [3.05, 3.63) is 39.7 Å². The average Bonchev–Trinajstić information content (AvgIpc) is 2.46. The topological polar surface area (TPSA) is 81.5 Å². The van der Waals surface area contributed by atoms with Crippen LogP contribution < -0.4 is 5.32 Å². The van der Waals surface area contributed by atoms with Crippen LogP contribution in [0, 0.1) is 21.8 Å². The third-order valence-corrected chi connectivity index (χ3v) is 3.30. The number of carbonyl (C=O) groups is 1. The van der Waals surface area contributed by atoms with Gasteiger partial charge in [-0.2, -0.15) is 0 Å². The summed E-state index contributed by atoms with van der Waals surface area (Å²) in [5.41, 5.74) is -0.603. The fourth-order valence-corrected chi connectivity index (χ4v) is 2.08. The molecule has 0 unspecified atom stereocenters. The molecule has 0 saturated carbocycles. The molecule has 0 atom stereocenters. The molecule has 1 aliphatic rings. The van der Waals surface area contributed by atoms with Gasteiger partial charge in [-0.05, 0) is 24.8 Å². The van der Waals surface area contributed by atoms with Crippen molar-refractivity contribution in [2.24, 2.45) is 5.92 Å². The Morgan fingerprint density at radius 3 is 2.80 bits per heavy atom. The first kappa shape index (κ1) is 14.4. The van der Waals surface area contributed by atoms with Gasteiger partial charge >= 0.3 is 0 Å². The van der Waals surface area contributed by atoms with Crippen LogP contribution in [-0.2, 0) is 4.74 Å². The molecule has 0 radical (unpaired) electrons. The first-order valence-corrected chi connectivity index (χ1v) is 6.38. The number of halogens is 1. The summed E-state index contributed by atoms with van der Waals surface area (Å²) < 4.78 is 18.8. The molecule has 6 nitrogen and oxygen atoms in total. The van der Waals surface area contributed by atoms with E-state index in [1.807, 2.05) is 0 Å². The van der Waals surface area contributed by atoms with Gasteiger partial charge in [-0.1, -0.05) is 0 Å². The predicted octanol–water partition coefficient (Wildman–Crippen LogP) is 1.89. The average molecular weight is 282 g/mol. The quantitative estimate of drug-likeness (QED) is 0.675. The summed E-state index contributed by atoms with van der Waals surface area (Å²) in [6.45, 7) is 1.74. The number of nitrogens with zero attached hydrogens (tertiary/aromatic N) is 1. The summed E-state index contributed by atoms with van der Waals surface area (Å²) >= 11 is 0. The van der Waals surface area contributed by atoms with Crippen molar-refractivity contribution in [1.82, 2.24) is 5.32 Å². The molecule has 108 valence electrons.